The predicted octanol–water partition coefficient (Wildman–Crippen LogP) is 3.89. The number of nitrogens with zero attached hydrogens (tertiary/aromatic N) is 1. The molecular weight excluding hydrogens is 362 g/mol. The molecule has 1 atom stereocenters. The van der Waals surface area contributed by atoms with Crippen LogP contribution in [0.3, 0.4) is 0 Å². The summed E-state index contributed by atoms with van der Waals surface area (Å²) < 4.78 is 0.890. The van der Waals surface area contributed by atoms with E-state index in [-0.39, 0.29) is 23.2 Å². The van der Waals surface area contributed by atoms with Crippen LogP contribution in [-0.2, 0) is 0 Å². The number of halogens is 1. The molecular formula is C16H16BrN3O3. The molecule has 6 nitrogen and oxygen atoms in total. The van der Waals surface area contributed by atoms with Gasteiger partial charge in [-0.05, 0) is 24.6 Å². The summed E-state index contributed by atoms with van der Waals surface area (Å²) in [6.07, 6.45) is 0. The van der Waals surface area contributed by atoms with Crippen LogP contribution in [0.5, 0.6) is 0 Å². The standard InChI is InChI=1S/C16H16BrN3O3/c1-10(12-5-3-4-6-14(12)17)19-16(21)13-9-11(20(22)23)7-8-15(13)18-2/h3-10,18H,1-2H3,(H,19,21). The normalized spacial score (nSPS) is 11.6. The van der Waals surface area contributed by atoms with Crippen LogP contribution in [0.2, 0.25) is 0 Å². The smallest absolute Gasteiger partial charge is 0.270 e. The van der Waals surface area contributed by atoms with E-state index in [0.29, 0.717) is 5.69 Å². The Labute approximate surface area is 142 Å². The lowest BCUT2D eigenvalue weighted by Gasteiger charge is -2.17. The number of non-ortho nitro benzene ring substituents is 1. The van der Waals surface area contributed by atoms with Crippen molar-refractivity contribution in [2.24, 2.45) is 0 Å². The first-order valence-electron chi connectivity index (χ1n) is 6.95. The number of carbonyl (C=O) groups is 1. The van der Waals surface area contributed by atoms with Gasteiger partial charge in [0.2, 0.25) is 0 Å². The van der Waals surface area contributed by atoms with Crippen LogP contribution < -0.4 is 10.6 Å². The van der Waals surface area contributed by atoms with E-state index in [1.807, 2.05) is 31.2 Å². The van der Waals surface area contributed by atoms with E-state index in [1.165, 1.54) is 18.2 Å². The van der Waals surface area contributed by atoms with Crippen LogP contribution in [0.1, 0.15) is 28.9 Å². The number of anilines is 1. The molecule has 23 heavy (non-hydrogen) atoms. The number of hydrogen-bond acceptors (Lipinski definition) is 4. The fourth-order valence-corrected chi connectivity index (χ4v) is 2.86. The molecule has 2 rings (SSSR count). The maximum absolute atomic E-state index is 12.5. The molecule has 0 heterocycles. The van der Waals surface area contributed by atoms with Gasteiger partial charge in [0.15, 0.2) is 0 Å². The number of amides is 1. The Balaban J connectivity index is 2.28. The second-order valence-corrected chi connectivity index (χ2v) is 5.81. The van der Waals surface area contributed by atoms with Crippen LogP contribution >= 0.6 is 15.9 Å². The summed E-state index contributed by atoms with van der Waals surface area (Å²) in [4.78, 5) is 22.9. The third-order valence-corrected chi connectivity index (χ3v) is 4.17. The maximum Gasteiger partial charge on any atom is 0.270 e. The van der Waals surface area contributed by atoms with Gasteiger partial charge in [-0.25, -0.2) is 0 Å². The van der Waals surface area contributed by atoms with Crippen LogP contribution in [0, 0.1) is 10.1 Å². The van der Waals surface area contributed by atoms with E-state index in [9.17, 15) is 14.9 Å². The average Bonchev–Trinajstić information content (AvgIpc) is 2.54. The van der Waals surface area contributed by atoms with Crippen LogP contribution in [0.4, 0.5) is 11.4 Å². The second-order valence-electron chi connectivity index (χ2n) is 4.95. The van der Waals surface area contributed by atoms with Crippen molar-refractivity contribution in [2.45, 2.75) is 13.0 Å². The monoisotopic (exact) mass is 377 g/mol. The van der Waals surface area contributed by atoms with Gasteiger partial charge >= 0.3 is 0 Å². The predicted molar refractivity (Wildman–Crippen MR) is 92.7 cm³/mol. The number of hydrogen-bond donors (Lipinski definition) is 2. The molecule has 1 amide bonds. The van der Waals surface area contributed by atoms with E-state index in [0.717, 1.165) is 10.0 Å². The topological polar surface area (TPSA) is 84.3 Å². The van der Waals surface area contributed by atoms with Crippen molar-refractivity contribution in [3.05, 3.63) is 68.2 Å². The van der Waals surface area contributed by atoms with Crippen molar-refractivity contribution in [1.82, 2.24) is 5.32 Å². The highest BCUT2D eigenvalue weighted by molar-refractivity contribution is 9.10. The summed E-state index contributed by atoms with van der Waals surface area (Å²) in [6.45, 7) is 1.86. The fraction of sp³-hybridized carbons (Fsp3) is 0.188. The first kappa shape index (κ1) is 17.0. The van der Waals surface area contributed by atoms with Crippen LogP contribution in [-0.4, -0.2) is 17.9 Å². The molecule has 0 aliphatic rings. The SMILES string of the molecule is CNc1ccc([N+](=O)[O-])cc1C(=O)NC(C)c1ccccc1Br. The summed E-state index contributed by atoms with van der Waals surface area (Å²) in [5.41, 5.74) is 1.58. The van der Waals surface area contributed by atoms with Gasteiger partial charge in [-0.1, -0.05) is 34.1 Å². The van der Waals surface area contributed by atoms with Crippen molar-refractivity contribution in [3.8, 4) is 0 Å². The minimum Gasteiger partial charge on any atom is -0.387 e. The molecule has 0 spiro atoms. The van der Waals surface area contributed by atoms with Crippen LogP contribution in [0.15, 0.2) is 46.9 Å². The molecule has 0 saturated carbocycles. The molecule has 7 heteroatoms. The number of benzene rings is 2. The Morgan fingerprint density at radius 1 is 1.26 bits per heavy atom. The van der Waals surface area contributed by atoms with Crippen molar-refractivity contribution in [2.75, 3.05) is 12.4 Å². The Morgan fingerprint density at radius 2 is 1.96 bits per heavy atom. The number of carbonyl (C=O) groups excluding carboxylic acids is 1. The number of nitro groups is 1. The molecule has 0 aliphatic heterocycles. The lowest BCUT2D eigenvalue weighted by molar-refractivity contribution is -0.384. The van der Waals surface area contributed by atoms with Gasteiger partial charge in [-0.3, -0.25) is 14.9 Å². The highest BCUT2D eigenvalue weighted by Crippen LogP contribution is 2.25. The molecule has 0 bridgehead atoms. The van der Waals surface area contributed by atoms with Gasteiger partial charge in [-0.2, -0.15) is 0 Å². The Kier molecular flexibility index (Phi) is 5.33. The summed E-state index contributed by atoms with van der Waals surface area (Å²) >= 11 is 3.45. The first-order chi connectivity index (χ1) is 10.9. The van der Waals surface area contributed by atoms with Crippen molar-refractivity contribution in [1.29, 1.82) is 0 Å². The zero-order valence-electron chi connectivity index (χ0n) is 12.7. The third-order valence-electron chi connectivity index (χ3n) is 3.45. The largest absolute Gasteiger partial charge is 0.387 e. The number of nitrogens with one attached hydrogen (secondary N) is 2. The van der Waals surface area contributed by atoms with Crippen molar-refractivity contribution in [3.63, 3.8) is 0 Å². The molecule has 2 N–H and O–H groups in total. The summed E-state index contributed by atoms with van der Waals surface area (Å²) in [6, 6.07) is 11.5. The van der Waals surface area contributed by atoms with Crippen LogP contribution in [0.25, 0.3) is 0 Å². The summed E-state index contributed by atoms with van der Waals surface area (Å²) in [5.74, 6) is -0.374. The van der Waals surface area contributed by atoms with Crippen molar-refractivity contribution >= 4 is 33.2 Å². The van der Waals surface area contributed by atoms with E-state index in [2.05, 4.69) is 26.6 Å². The van der Waals surface area contributed by atoms with E-state index < -0.39 is 4.92 Å². The van der Waals surface area contributed by atoms with E-state index >= 15 is 0 Å². The fourth-order valence-electron chi connectivity index (χ4n) is 2.23. The van der Waals surface area contributed by atoms with Gasteiger partial charge in [0, 0.05) is 29.3 Å². The average molecular weight is 378 g/mol. The highest BCUT2D eigenvalue weighted by atomic mass is 79.9. The van der Waals surface area contributed by atoms with Crippen molar-refractivity contribution < 1.29 is 9.72 Å². The molecule has 120 valence electrons. The molecule has 0 aromatic heterocycles. The van der Waals surface area contributed by atoms with E-state index in [4.69, 9.17) is 0 Å². The molecule has 2 aromatic carbocycles. The first-order valence-corrected chi connectivity index (χ1v) is 7.74. The molecule has 0 radical (unpaired) electrons. The molecule has 0 aliphatic carbocycles. The van der Waals surface area contributed by atoms with Gasteiger partial charge < -0.3 is 10.6 Å². The zero-order chi connectivity index (χ0) is 17.0. The van der Waals surface area contributed by atoms with E-state index in [1.54, 1.807) is 7.05 Å². The maximum atomic E-state index is 12.5. The van der Waals surface area contributed by atoms with Gasteiger partial charge in [0.1, 0.15) is 0 Å². The Morgan fingerprint density at radius 3 is 2.57 bits per heavy atom. The zero-order valence-corrected chi connectivity index (χ0v) is 14.3. The molecule has 2 aromatic rings. The lowest BCUT2D eigenvalue weighted by atomic mass is 10.1. The number of nitro benzene ring substituents is 1. The Hall–Kier alpha value is -2.41. The molecule has 0 fully saturated rings. The lowest BCUT2D eigenvalue weighted by Crippen LogP contribution is -2.27. The van der Waals surface area contributed by atoms with Gasteiger partial charge in [0.25, 0.3) is 11.6 Å². The number of rotatable bonds is 5. The second kappa shape index (κ2) is 7.23. The summed E-state index contributed by atoms with van der Waals surface area (Å²) in [5, 5.41) is 16.6. The van der Waals surface area contributed by atoms with Gasteiger partial charge in [0.05, 0.1) is 16.5 Å². The molecule has 0 saturated heterocycles. The quantitative estimate of drug-likeness (QED) is 0.611. The minimum absolute atomic E-state index is 0.123. The Bertz CT molecular complexity index is 749. The molecule has 1 unspecified atom stereocenters. The van der Waals surface area contributed by atoms with Gasteiger partial charge in [-0.15, -0.1) is 0 Å². The summed E-state index contributed by atoms with van der Waals surface area (Å²) in [7, 11) is 1.66. The third kappa shape index (κ3) is 3.87. The highest BCUT2D eigenvalue weighted by Gasteiger charge is 2.19. The minimum atomic E-state index is -0.520.